The molecule has 118 valence electrons. The van der Waals surface area contributed by atoms with Gasteiger partial charge in [-0.3, -0.25) is 0 Å². The van der Waals surface area contributed by atoms with E-state index in [-0.39, 0.29) is 5.70 Å². The Morgan fingerprint density at radius 1 is 0.952 bits per heavy atom. The molecule has 1 saturated heterocycles. The van der Waals surface area contributed by atoms with Crippen LogP contribution in [0.15, 0.2) is 22.4 Å². The number of hydrogen-bond donors (Lipinski definition) is 0. The minimum atomic E-state index is -5.56. The van der Waals surface area contributed by atoms with Gasteiger partial charge in [-0.25, -0.2) is 0 Å². The first-order chi connectivity index (χ1) is 9.50. The van der Waals surface area contributed by atoms with E-state index in [1.165, 1.54) is 13.0 Å². The van der Waals surface area contributed by atoms with Gasteiger partial charge in [0.15, 0.2) is 0 Å². The number of nitriles is 1. The maximum Gasteiger partial charge on any atom is 0.421 e. The standard InChI is InChI=1S/C13H14F6N2/c1-8(11(12(14,15)16)13(17,18)19)10(7-20)9(2)21-5-3-4-6-21/h3-6H2,1-2H3/b10-9+. The lowest BCUT2D eigenvalue weighted by Crippen LogP contribution is -2.28. The molecule has 0 saturated carbocycles. The number of likely N-dealkylation sites (tertiary alicyclic amines) is 1. The molecule has 0 bridgehead atoms. The van der Waals surface area contributed by atoms with Gasteiger partial charge in [0.25, 0.3) is 0 Å². The maximum absolute atomic E-state index is 12.7. The predicted octanol–water partition coefficient (Wildman–Crippen LogP) is 4.32. The summed E-state index contributed by atoms with van der Waals surface area (Å²) < 4.78 is 76.1. The second-order valence-corrected chi connectivity index (χ2v) is 4.76. The van der Waals surface area contributed by atoms with Gasteiger partial charge in [-0.1, -0.05) is 0 Å². The molecule has 0 atom stereocenters. The average Bonchev–Trinajstić information content (AvgIpc) is 2.78. The Kier molecular flexibility index (Phi) is 4.97. The van der Waals surface area contributed by atoms with Crippen LogP contribution in [0.4, 0.5) is 26.3 Å². The van der Waals surface area contributed by atoms with Gasteiger partial charge in [0.1, 0.15) is 11.6 Å². The van der Waals surface area contributed by atoms with Crippen molar-refractivity contribution in [2.45, 2.75) is 39.0 Å². The molecule has 0 spiro atoms. The number of nitrogens with zero attached hydrogens (tertiary/aromatic N) is 2. The van der Waals surface area contributed by atoms with Gasteiger partial charge >= 0.3 is 12.4 Å². The van der Waals surface area contributed by atoms with Crippen molar-refractivity contribution in [3.05, 3.63) is 22.4 Å². The number of alkyl halides is 6. The molecule has 0 aliphatic carbocycles. The fourth-order valence-corrected chi connectivity index (χ4v) is 2.36. The normalized spacial score (nSPS) is 17.4. The lowest BCUT2D eigenvalue weighted by molar-refractivity contribution is -0.172. The first-order valence-electron chi connectivity index (χ1n) is 6.21. The molecular weight excluding hydrogens is 298 g/mol. The van der Waals surface area contributed by atoms with E-state index in [4.69, 9.17) is 5.26 Å². The van der Waals surface area contributed by atoms with Crippen LogP contribution in [0.25, 0.3) is 0 Å². The summed E-state index contributed by atoms with van der Waals surface area (Å²) in [6.07, 6.45) is -9.53. The topological polar surface area (TPSA) is 27.0 Å². The molecule has 0 unspecified atom stereocenters. The minimum absolute atomic E-state index is 0.151. The van der Waals surface area contributed by atoms with Crippen LogP contribution in [0.1, 0.15) is 26.7 Å². The number of halogens is 6. The predicted molar refractivity (Wildman–Crippen MR) is 63.9 cm³/mol. The first-order valence-corrected chi connectivity index (χ1v) is 6.21. The molecule has 21 heavy (non-hydrogen) atoms. The van der Waals surface area contributed by atoms with Gasteiger partial charge in [-0.2, -0.15) is 31.6 Å². The second kappa shape index (κ2) is 6.00. The molecule has 1 aliphatic rings. The smallest absolute Gasteiger partial charge is 0.374 e. The quantitative estimate of drug-likeness (QED) is 0.431. The van der Waals surface area contributed by atoms with Crippen LogP contribution < -0.4 is 0 Å². The molecule has 1 heterocycles. The monoisotopic (exact) mass is 312 g/mol. The third-order valence-corrected chi connectivity index (χ3v) is 3.37. The van der Waals surface area contributed by atoms with E-state index in [2.05, 4.69) is 0 Å². The number of allylic oxidation sites excluding steroid dienone is 4. The van der Waals surface area contributed by atoms with Crippen LogP contribution in [-0.2, 0) is 0 Å². The summed E-state index contributed by atoms with van der Waals surface area (Å²) in [4.78, 5) is 1.63. The Morgan fingerprint density at radius 3 is 1.71 bits per heavy atom. The third-order valence-electron chi connectivity index (χ3n) is 3.37. The van der Waals surface area contributed by atoms with Crippen molar-refractivity contribution in [1.29, 1.82) is 5.26 Å². The molecule has 0 radical (unpaired) electrons. The van der Waals surface area contributed by atoms with Crippen molar-refractivity contribution in [2.24, 2.45) is 0 Å². The Balaban J connectivity index is 3.46. The molecule has 1 rings (SSSR count). The van der Waals surface area contributed by atoms with Crippen molar-refractivity contribution < 1.29 is 26.3 Å². The van der Waals surface area contributed by atoms with Crippen LogP contribution in [0.2, 0.25) is 0 Å². The molecule has 8 heteroatoms. The minimum Gasteiger partial charge on any atom is -0.374 e. The maximum atomic E-state index is 12.7. The zero-order valence-corrected chi connectivity index (χ0v) is 11.5. The third kappa shape index (κ3) is 3.93. The summed E-state index contributed by atoms with van der Waals surface area (Å²) in [5.41, 5.74) is -4.12. The van der Waals surface area contributed by atoms with Crippen LogP contribution in [0.5, 0.6) is 0 Å². The fraction of sp³-hybridized carbons (Fsp3) is 0.615. The summed E-state index contributed by atoms with van der Waals surface area (Å²) in [5.74, 6) is 0. The van der Waals surface area contributed by atoms with Crippen molar-refractivity contribution in [3.63, 3.8) is 0 Å². The molecule has 0 aromatic rings. The van der Waals surface area contributed by atoms with Gasteiger partial charge in [-0.15, -0.1) is 0 Å². The Morgan fingerprint density at radius 2 is 1.38 bits per heavy atom. The second-order valence-electron chi connectivity index (χ2n) is 4.76. The first kappa shape index (κ1) is 17.4. The van der Waals surface area contributed by atoms with Gasteiger partial charge in [-0.05, 0) is 32.3 Å². The number of rotatable bonds is 2. The molecule has 0 N–H and O–H groups in total. The molecule has 0 aromatic heterocycles. The van der Waals surface area contributed by atoms with E-state index >= 15 is 0 Å². The molecular formula is C13H14F6N2. The van der Waals surface area contributed by atoms with Crippen LogP contribution in [0, 0.1) is 11.3 Å². The zero-order valence-electron chi connectivity index (χ0n) is 11.5. The SMILES string of the molecule is CC(=C(C(F)(F)F)C(F)(F)F)/C(C#N)=C(\C)N1CCCC1. The summed E-state index contributed by atoms with van der Waals surface area (Å²) in [7, 11) is 0. The Labute approximate surface area is 118 Å². The van der Waals surface area contributed by atoms with E-state index < -0.39 is 29.1 Å². The molecule has 1 aliphatic heterocycles. The summed E-state index contributed by atoms with van der Waals surface area (Å²) in [6.45, 7) is 3.11. The molecule has 1 fully saturated rings. The van der Waals surface area contributed by atoms with Crippen LogP contribution >= 0.6 is 0 Å². The highest BCUT2D eigenvalue weighted by Crippen LogP contribution is 2.42. The lowest BCUT2D eigenvalue weighted by atomic mass is 9.99. The zero-order chi connectivity index (χ0) is 16.4. The summed E-state index contributed by atoms with van der Waals surface area (Å²) >= 11 is 0. The van der Waals surface area contributed by atoms with Gasteiger partial charge in [0.05, 0.1) is 5.57 Å². The fourth-order valence-electron chi connectivity index (χ4n) is 2.36. The van der Waals surface area contributed by atoms with Gasteiger partial charge in [0.2, 0.25) is 0 Å². The Hall–Kier alpha value is -1.65. The van der Waals surface area contributed by atoms with E-state index in [0.717, 1.165) is 12.8 Å². The highest BCUT2D eigenvalue weighted by Gasteiger charge is 2.52. The van der Waals surface area contributed by atoms with Crippen molar-refractivity contribution >= 4 is 0 Å². The van der Waals surface area contributed by atoms with Crippen LogP contribution in [0.3, 0.4) is 0 Å². The molecule has 0 aromatic carbocycles. The molecule has 2 nitrogen and oxygen atoms in total. The van der Waals surface area contributed by atoms with Crippen molar-refractivity contribution in [1.82, 2.24) is 4.90 Å². The highest BCUT2D eigenvalue weighted by molar-refractivity contribution is 5.48. The molecule has 0 amide bonds. The van der Waals surface area contributed by atoms with E-state index in [1.54, 1.807) is 4.90 Å². The van der Waals surface area contributed by atoms with Gasteiger partial charge < -0.3 is 4.90 Å². The van der Waals surface area contributed by atoms with Gasteiger partial charge in [0, 0.05) is 18.8 Å². The van der Waals surface area contributed by atoms with E-state index in [9.17, 15) is 26.3 Å². The summed E-state index contributed by atoms with van der Waals surface area (Å²) in [6, 6.07) is 1.48. The van der Waals surface area contributed by atoms with Crippen molar-refractivity contribution in [2.75, 3.05) is 13.1 Å². The number of hydrogen-bond acceptors (Lipinski definition) is 2. The summed E-state index contributed by atoms with van der Waals surface area (Å²) in [5, 5.41) is 9.00. The largest absolute Gasteiger partial charge is 0.421 e. The van der Waals surface area contributed by atoms with Crippen molar-refractivity contribution in [3.8, 4) is 6.07 Å². The lowest BCUT2D eigenvalue weighted by Gasteiger charge is -2.22. The Bertz CT molecular complexity index is 482. The van der Waals surface area contributed by atoms with E-state index in [1.807, 2.05) is 0 Å². The average molecular weight is 312 g/mol. The highest BCUT2D eigenvalue weighted by atomic mass is 19.4. The van der Waals surface area contributed by atoms with Crippen LogP contribution in [-0.4, -0.2) is 30.3 Å². The van der Waals surface area contributed by atoms with E-state index in [0.29, 0.717) is 20.0 Å².